The predicted octanol–water partition coefficient (Wildman–Crippen LogP) is 3.34. The van der Waals surface area contributed by atoms with Crippen molar-refractivity contribution in [1.29, 1.82) is 0 Å². The van der Waals surface area contributed by atoms with E-state index >= 15 is 0 Å². The number of phenolic OH excluding ortho intramolecular Hbond substituents is 1. The highest BCUT2D eigenvalue weighted by Crippen LogP contribution is 2.29. The van der Waals surface area contributed by atoms with Crippen molar-refractivity contribution < 1.29 is 36.6 Å². The molecule has 0 saturated carbocycles. The van der Waals surface area contributed by atoms with Gasteiger partial charge in [-0.25, -0.2) is 13.2 Å². The molecule has 156 valence electrons. The smallest absolute Gasteiger partial charge is 0.342 e. The number of ether oxygens (including phenoxy) is 1. The second-order valence-electron chi connectivity index (χ2n) is 6.14. The lowest BCUT2D eigenvalue weighted by Gasteiger charge is -2.09. The highest BCUT2D eigenvalue weighted by Gasteiger charge is 2.26. The van der Waals surface area contributed by atoms with Gasteiger partial charge in [0.1, 0.15) is 11.3 Å². The molecular formula is C20H15F2NO6S. The summed E-state index contributed by atoms with van der Waals surface area (Å²) >= 11 is 0. The molecule has 10 heteroatoms. The molecule has 7 nitrogen and oxygen atoms in total. The van der Waals surface area contributed by atoms with Crippen molar-refractivity contribution in [3.05, 3.63) is 66.2 Å². The summed E-state index contributed by atoms with van der Waals surface area (Å²) in [5.74, 6) is -5.47. The van der Waals surface area contributed by atoms with E-state index in [0.29, 0.717) is 5.39 Å². The van der Waals surface area contributed by atoms with Gasteiger partial charge in [-0.15, -0.1) is 0 Å². The zero-order valence-corrected chi connectivity index (χ0v) is 16.0. The molecule has 0 fully saturated rings. The first kappa shape index (κ1) is 21.2. The minimum atomic E-state index is -4.73. The number of carbonyl (C=O) groups excluding carboxylic acids is 2. The standard InChI is InChI=1S/C20H15F2NO6S/c21-20(22)30(27,28)14-8-6-13(7-9-14)23-17(24)11-29-19(26)16-10-5-12-3-1-2-4-15(12)18(16)25/h1-10,20,25H,11H2,(H,23,24). The second-order valence-corrected chi connectivity index (χ2v) is 8.05. The Morgan fingerprint density at radius 2 is 1.67 bits per heavy atom. The average Bonchev–Trinajstić information content (AvgIpc) is 2.73. The number of halogens is 2. The normalized spacial score (nSPS) is 11.4. The summed E-state index contributed by atoms with van der Waals surface area (Å²) < 4.78 is 52.7. The van der Waals surface area contributed by atoms with Crippen LogP contribution in [0.2, 0.25) is 0 Å². The highest BCUT2D eigenvalue weighted by atomic mass is 32.2. The maximum absolute atomic E-state index is 12.5. The summed E-state index contributed by atoms with van der Waals surface area (Å²) in [7, 11) is -4.73. The predicted molar refractivity (Wildman–Crippen MR) is 104 cm³/mol. The fourth-order valence-electron chi connectivity index (χ4n) is 2.66. The highest BCUT2D eigenvalue weighted by molar-refractivity contribution is 7.91. The van der Waals surface area contributed by atoms with E-state index in [1.807, 2.05) is 0 Å². The number of phenols is 1. The Hall–Kier alpha value is -3.53. The van der Waals surface area contributed by atoms with Crippen molar-refractivity contribution >= 4 is 38.2 Å². The number of amides is 1. The molecule has 0 spiro atoms. The van der Waals surface area contributed by atoms with Gasteiger partial charge in [0.15, 0.2) is 6.61 Å². The molecule has 30 heavy (non-hydrogen) atoms. The third-order valence-electron chi connectivity index (χ3n) is 4.16. The van der Waals surface area contributed by atoms with Crippen LogP contribution in [-0.2, 0) is 19.4 Å². The summed E-state index contributed by atoms with van der Waals surface area (Å²) in [6.07, 6.45) is 0. The van der Waals surface area contributed by atoms with E-state index in [2.05, 4.69) is 5.32 Å². The first-order valence-electron chi connectivity index (χ1n) is 8.50. The maximum Gasteiger partial charge on any atom is 0.342 e. The van der Waals surface area contributed by atoms with Crippen LogP contribution in [0.1, 0.15) is 10.4 Å². The number of sulfone groups is 1. The number of hydrogen-bond acceptors (Lipinski definition) is 6. The summed E-state index contributed by atoms with van der Waals surface area (Å²) in [4.78, 5) is 23.5. The molecule has 0 saturated heterocycles. The number of alkyl halides is 2. The molecule has 0 aliphatic rings. The van der Waals surface area contributed by atoms with Crippen LogP contribution in [0, 0.1) is 0 Å². The molecule has 3 aromatic rings. The molecule has 0 radical (unpaired) electrons. The van der Waals surface area contributed by atoms with Gasteiger partial charge in [-0.2, -0.15) is 8.78 Å². The maximum atomic E-state index is 12.5. The molecule has 0 aliphatic carbocycles. The number of nitrogens with one attached hydrogen (secondary N) is 1. The van der Waals surface area contributed by atoms with Crippen molar-refractivity contribution in [2.45, 2.75) is 10.7 Å². The molecule has 1 amide bonds. The number of anilines is 1. The quantitative estimate of drug-likeness (QED) is 0.575. The largest absolute Gasteiger partial charge is 0.506 e. The Kier molecular flexibility index (Phi) is 5.97. The number of esters is 1. The van der Waals surface area contributed by atoms with Crippen LogP contribution in [0.15, 0.2) is 65.6 Å². The monoisotopic (exact) mass is 435 g/mol. The molecule has 0 unspecified atom stereocenters. The fourth-order valence-corrected chi connectivity index (χ4v) is 3.38. The van der Waals surface area contributed by atoms with Gasteiger partial charge < -0.3 is 15.2 Å². The fraction of sp³-hybridized carbons (Fsp3) is 0.100. The van der Waals surface area contributed by atoms with E-state index < -0.39 is 39.0 Å². The van der Waals surface area contributed by atoms with Gasteiger partial charge in [-0.1, -0.05) is 30.3 Å². The minimum Gasteiger partial charge on any atom is -0.506 e. The third kappa shape index (κ3) is 4.38. The number of carbonyl (C=O) groups is 2. The Morgan fingerprint density at radius 1 is 1.00 bits per heavy atom. The van der Waals surface area contributed by atoms with Crippen LogP contribution in [0.3, 0.4) is 0 Å². The van der Waals surface area contributed by atoms with Gasteiger partial charge in [0.05, 0.1) is 4.90 Å². The van der Waals surface area contributed by atoms with E-state index in [-0.39, 0.29) is 17.0 Å². The first-order valence-corrected chi connectivity index (χ1v) is 10.0. The molecule has 0 atom stereocenters. The van der Waals surface area contributed by atoms with Crippen LogP contribution in [0.5, 0.6) is 5.75 Å². The first-order chi connectivity index (χ1) is 14.2. The lowest BCUT2D eigenvalue weighted by molar-refractivity contribution is -0.119. The zero-order valence-electron chi connectivity index (χ0n) is 15.2. The molecule has 0 aliphatic heterocycles. The summed E-state index contributed by atoms with van der Waals surface area (Å²) in [5, 5.41) is 13.8. The van der Waals surface area contributed by atoms with Gasteiger partial charge in [-0.3, -0.25) is 4.79 Å². The molecule has 0 aromatic heterocycles. The van der Waals surface area contributed by atoms with E-state index in [1.54, 1.807) is 30.3 Å². The number of hydrogen-bond donors (Lipinski definition) is 2. The number of fused-ring (bicyclic) bond motifs is 1. The Balaban J connectivity index is 1.62. The summed E-state index contributed by atoms with van der Waals surface area (Å²) in [5.41, 5.74) is 0.0147. The molecule has 0 bridgehead atoms. The number of rotatable bonds is 6. The van der Waals surface area contributed by atoms with Crippen molar-refractivity contribution in [2.24, 2.45) is 0 Å². The van der Waals surface area contributed by atoms with Gasteiger partial charge in [-0.05, 0) is 35.7 Å². The van der Waals surface area contributed by atoms with Crippen LogP contribution < -0.4 is 5.32 Å². The summed E-state index contributed by atoms with van der Waals surface area (Å²) in [6, 6.07) is 14.0. The van der Waals surface area contributed by atoms with Crippen LogP contribution in [-0.4, -0.2) is 37.8 Å². The van der Waals surface area contributed by atoms with Crippen LogP contribution in [0.4, 0.5) is 14.5 Å². The second kappa shape index (κ2) is 8.46. The number of benzene rings is 3. The topological polar surface area (TPSA) is 110 Å². The van der Waals surface area contributed by atoms with E-state index in [0.717, 1.165) is 29.7 Å². The van der Waals surface area contributed by atoms with Crippen molar-refractivity contribution in [3.63, 3.8) is 0 Å². The van der Waals surface area contributed by atoms with Crippen molar-refractivity contribution in [1.82, 2.24) is 0 Å². The molecule has 3 rings (SSSR count). The van der Waals surface area contributed by atoms with Crippen molar-refractivity contribution in [2.75, 3.05) is 11.9 Å². The van der Waals surface area contributed by atoms with Gasteiger partial charge in [0.25, 0.3) is 5.91 Å². The Labute approximate surface area is 169 Å². The third-order valence-corrected chi connectivity index (χ3v) is 5.55. The molecular weight excluding hydrogens is 420 g/mol. The van der Waals surface area contributed by atoms with Gasteiger partial charge in [0, 0.05) is 11.1 Å². The Bertz CT molecular complexity index is 1210. The van der Waals surface area contributed by atoms with Crippen LogP contribution >= 0.6 is 0 Å². The number of aromatic hydroxyl groups is 1. The van der Waals surface area contributed by atoms with E-state index in [9.17, 15) is 31.9 Å². The minimum absolute atomic E-state index is 0.108. The van der Waals surface area contributed by atoms with Gasteiger partial charge >= 0.3 is 11.7 Å². The Morgan fingerprint density at radius 3 is 2.33 bits per heavy atom. The van der Waals surface area contributed by atoms with Crippen LogP contribution in [0.25, 0.3) is 10.8 Å². The molecule has 2 N–H and O–H groups in total. The molecule has 3 aromatic carbocycles. The average molecular weight is 435 g/mol. The van der Waals surface area contributed by atoms with E-state index in [1.165, 1.54) is 6.07 Å². The SMILES string of the molecule is O=C(COC(=O)c1ccc2ccccc2c1O)Nc1ccc(S(=O)(=O)C(F)F)cc1. The van der Waals surface area contributed by atoms with Crippen molar-refractivity contribution in [3.8, 4) is 5.75 Å². The van der Waals surface area contributed by atoms with E-state index in [4.69, 9.17) is 4.74 Å². The van der Waals surface area contributed by atoms with Gasteiger partial charge in [0.2, 0.25) is 9.84 Å². The summed E-state index contributed by atoms with van der Waals surface area (Å²) in [6.45, 7) is -0.678. The lowest BCUT2D eigenvalue weighted by atomic mass is 10.1. The lowest BCUT2D eigenvalue weighted by Crippen LogP contribution is -2.21. The zero-order chi connectivity index (χ0) is 21.9. The molecule has 0 heterocycles.